The van der Waals surface area contributed by atoms with E-state index in [-0.39, 0.29) is 23.3 Å². The summed E-state index contributed by atoms with van der Waals surface area (Å²) in [6, 6.07) is 20.7. The zero-order valence-corrected chi connectivity index (χ0v) is 18.9. The van der Waals surface area contributed by atoms with Gasteiger partial charge in [0.15, 0.2) is 0 Å². The maximum absolute atomic E-state index is 12.7. The van der Waals surface area contributed by atoms with Crippen molar-refractivity contribution in [2.75, 3.05) is 4.90 Å². The smallest absolute Gasteiger partial charge is 0.335 e. The molecule has 0 aromatic heterocycles. The van der Waals surface area contributed by atoms with Crippen molar-refractivity contribution < 1.29 is 24.2 Å². The number of hydrogen-bond donors (Lipinski definition) is 1. The van der Waals surface area contributed by atoms with Crippen LogP contribution in [-0.4, -0.2) is 22.2 Å². The fourth-order valence-corrected chi connectivity index (χ4v) is 4.45. The van der Waals surface area contributed by atoms with E-state index in [2.05, 4.69) is 15.9 Å². The summed E-state index contributed by atoms with van der Waals surface area (Å²) in [5.74, 6) is -0.782. The predicted molar refractivity (Wildman–Crippen MR) is 127 cm³/mol. The number of imide groups is 1. The Hall–Kier alpha value is -3.36. The Labute approximate surface area is 196 Å². The molecule has 3 aromatic carbocycles. The zero-order valence-electron chi connectivity index (χ0n) is 16.5. The minimum absolute atomic E-state index is 0.199. The molecule has 0 bridgehead atoms. The van der Waals surface area contributed by atoms with Crippen molar-refractivity contribution in [3.63, 3.8) is 0 Å². The standard InChI is InChI=1S/C24H16BrNO5S/c25-19-12-15(9-10-20(19)31-14-16-5-4-6-17(11-16)23(28)29)13-21-22(27)26(24(30)32-21)18-7-2-1-3-8-18/h1-13H,14H2,(H,28,29)/b21-13+. The minimum Gasteiger partial charge on any atom is -0.488 e. The average molecular weight is 510 g/mol. The number of hydrogen-bond acceptors (Lipinski definition) is 5. The van der Waals surface area contributed by atoms with Gasteiger partial charge in [-0.3, -0.25) is 9.59 Å². The lowest BCUT2D eigenvalue weighted by molar-refractivity contribution is -0.113. The topological polar surface area (TPSA) is 83.9 Å². The molecule has 4 rings (SSSR count). The minimum atomic E-state index is -0.992. The van der Waals surface area contributed by atoms with E-state index in [1.54, 1.807) is 66.7 Å². The summed E-state index contributed by atoms with van der Waals surface area (Å²) in [7, 11) is 0. The number of carboxylic acids is 1. The molecule has 0 aliphatic carbocycles. The molecule has 1 aliphatic rings. The Morgan fingerprint density at radius 1 is 1.03 bits per heavy atom. The van der Waals surface area contributed by atoms with E-state index < -0.39 is 5.97 Å². The molecule has 6 nitrogen and oxygen atoms in total. The maximum Gasteiger partial charge on any atom is 0.335 e. The number of ether oxygens (including phenoxy) is 1. The monoisotopic (exact) mass is 509 g/mol. The number of carbonyl (C=O) groups excluding carboxylic acids is 2. The molecule has 0 unspecified atom stereocenters. The average Bonchev–Trinajstić information content (AvgIpc) is 3.06. The van der Waals surface area contributed by atoms with Crippen LogP contribution in [0.4, 0.5) is 10.5 Å². The van der Waals surface area contributed by atoms with Crippen LogP contribution >= 0.6 is 27.7 Å². The van der Waals surface area contributed by atoms with E-state index in [1.807, 2.05) is 6.07 Å². The molecule has 0 atom stereocenters. The number of carbonyl (C=O) groups is 3. The number of amides is 2. The summed E-state index contributed by atoms with van der Waals surface area (Å²) in [6.45, 7) is 0.203. The fourth-order valence-electron chi connectivity index (χ4n) is 3.10. The quantitative estimate of drug-likeness (QED) is 0.412. The normalized spacial score (nSPS) is 14.8. The van der Waals surface area contributed by atoms with E-state index >= 15 is 0 Å². The molecule has 2 amide bonds. The van der Waals surface area contributed by atoms with Gasteiger partial charge in [0.1, 0.15) is 12.4 Å². The SMILES string of the molecule is O=C(O)c1cccc(COc2ccc(/C=C3/SC(=O)N(c4ccccc4)C3=O)cc2Br)c1. The molecule has 0 saturated carbocycles. The van der Waals surface area contributed by atoms with Crippen molar-refractivity contribution in [3.05, 3.63) is 98.9 Å². The van der Waals surface area contributed by atoms with Gasteiger partial charge >= 0.3 is 5.97 Å². The fraction of sp³-hybridized carbons (Fsp3) is 0.0417. The molecule has 0 spiro atoms. The van der Waals surface area contributed by atoms with Crippen molar-refractivity contribution in [1.82, 2.24) is 0 Å². The second kappa shape index (κ2) is 9.42. The van der Waals surface area contributed by atoms with Gasteiger partial charge in [0.25, 0.3) is 11.1 Å². The second-order valence-electron chi connectivity index (χ2n) is 6.84. The first kappa shape index (κ1) is 21.9. The molecule has 1 heterocycles. The van der Waals surface area contributed by atoms with Crippen LogP contribution in [0.3, 0.4) is 0 Å². The van der Waals surface area contributed by atoms with Crippen molar-refractivity contribution in [3.8, 4) is 5.75 Å². The van der Waals surface area contributed by atoms with Gasteiger partial charge in [-0.2, -0.15) is 0 Å². The number of thioether (sulfide) groups is 1. The Balaban J connectivity index is 1.48. The van der Waals surface area contributed by atoms with Crippen LogP contribution < -0.4 is 9.64 Å². The highest BCUT2D eigenvalue weighted by Gasteiger charge is 2.36. The molecule has 1 N–H and O–H groups in total. The number of para-hydroxylation sites is 1. The lowest BCUT2D eigenvalue weighted by atomic mass is 10.1. The van der Waals surface area contributed by atoms with Crippen LogP contribution in [-0.2, 0) is 11.4 Å². The highest BCUT2D eigenvalue weighted by atomic mass is 79.9. The van der Waals surface area contributed by atoms with Crippen LogP contribution in [0, 0.1) is 0 Å². The van der Waals surface area contributed by atoms with Crippen LogP contribution in [0.15, 0.2) is 82.2 Å². The van der Waals surface area contributed by atoms with Gasteiger partial charge in [-0.25, -0.2) is 9.69 Å². The van der Waals surface area contributed by atoms with E-state index in [0.717, 1.165) is 27.8 Å². The van der Waals surface area contributed by atoms with Crippen LogP contribution in [0.2, 0.25) is 0 Å². The molecular formula is C24H16BrNO5S. The van der Waals surface area contributed by atoms with Gasteiger partial charge in [0.2, 0.25) is 0 Å². The van der Waals surface area contributed by atoms with E-state index in [9.17, 15) is 14.4 Å². The van der Waals surface area contributed by atoms with Gasteiger partial charge in [0.05, 0.1) is 20.6 Å². The van der Waals surface area contributed by atoms with Gasteiger partial charge in [-0.15, -0.1) is 0 Å². The summed E-state index contributed by atoms with van der Waals surface area (Å²) in [4.78, 5) is 37.7. The predicted octanol–water partition coefficient (Wildman–Crippen LogP) is 5.97. The summed E-state index contributed by atoms with van der Waals surface area (Å²) >= 11 is 4.36. The first-order valence-electron chi connectivity index (χ1n) is 9.50. The lowest BCUT2D eigenvalue weighted by Crippen LogP contribution is -2.27. The third-order valence-corrected chi connectivity index (χ3v) is 6.12. The molecule has 1 fully saturated rings. The van der Waals surface area contributed by atoms with Crippen molar-refractivity contribution in [2.24, 2.45) is 0 Å². The van der Waals surface area contributed by atoms with Crippen LogP contribution in [0.1, 0.15) is 21.5 Å². The second-order valence-corrected chi connectivity index (χ2v) is 8.68. The van der Waals surface area contributed by atoms with E-state index in [0.29, 0.717) is 20.8 Å². The summed E-state index contributed by atoms with van der Waals surface area (Å²) < 4.78 is 6.47. The Morgan fingerprint density at radius 2 is 1.81 bits per heavy atom. The summed E-state index contributed by atoms with van der Waals surface area (Å²) in [6.07, 6.45) is 1.67. The lowest BCUT2D eigenvalue weighted by Gasteiger charge is -2.11. The van der Waals surface area contributed by atoms with Gasteiger partial charge in [0, 0.05) is 0 Å². The largest absolute Gasteiger partial charge is 0.488 e. The first-order chi connectivity index (χ1) is 15.4. The third-order valence-electron chi connectivity index (χ3n) is 4.63. The number of rotatable bonds is 6. The van der Waals surface area contributed by atoms with Crippen LogP contribution in [0.5, 0.6) is 5.75 Å². The highest BCUT2D eigenvalue weighted by Crippen LogP contribution is 2.36. The van der Waals surface area contributed by atoms with E-state index in [4.69, 9.17) is 9.84 Å². The number of halogens is 1. The molecule has 1 aliphatic heterocycles. The van der Waals surface area contributed by atoms with Gasteiger partial charge < -0.3 is 9.84 Å². The molecular weight excluding hydrogens is 494 g/mol. The summed E-state index contributed by atoms with van der Waals surface area (Å²) in [5.41, 5.74) is 2.20. The number of carboxylic acid groups (broad SMARTS) is 1. The van der Waals surface area contributed by atoms with Crippen LogP contribution in [0.25, 0.3) is 6.08 Å². The molecule has 1 saturated heterocycles. The zero-order chi connectivity index (χ0) is 22.7. The van der Waals surface area contributed by atoms with Crippen molar-refractivity contribution in [2.45, 2.75) is 6.61 Å². The number of anilines is 1. The first-order valence-corrected chi connectivity index (χ1v) is 11.1. The number of aromatic carboxylic acids is 1. The molecule has 3 aromatic rings. The Morgan fingerprint density at radius 3 is 2.53 bits per heavy atom. The molecule has 160 valence electrons. The van der Waals surface area contributed by atoms with Gasteiger partial charge in [-0.05, 0) is 81.3 Å². The van der Waals surface area contributed by atoms with Crippen molar-refractivity contribution in [1.29, 1.82) is 0 Å². The summed E-state index contributed by atoms with van der Waals surface area (Å²) in [5, 5.41) is 8.76. The Kier molecular flexibility index (Phi) is 6.43. The van der Waals surface area contributed by atoms with Crippen molar-refractivity contribution >= 4 is 56.6 Å². The molecule has 32 heavy (non-hydrogen) atoms. The Bertz CT molecular complexity index is 1240. The number of benzene rings is 3. The number of nitrogens with zero attached hydrogens (tertiary/aromatic N) is 1. The highest BCUT2D eigenvalue weighted by molar-refractivity contribution is 9.10. The maximum atomic E-state index is 12.7. The third kappa shape index (κ3) is 4.76. The molecule has 0 radical (unpaired) electrons. The molecule has 8 heteroatoms. The van der Waals surface area contributed by atoms with Gasteiger partial charge in [-0.1, -0.05) is 36.4 Å². The van der Waals surface area contributed by atoms with E-state index in [1.165, 1.54) is 6.07 Å².